The minimum Gasteiger partial charge on any atom is -0.465 e. The normalized spacial score (nSPS) is 12.0. The zero-order valence-electron chi connectivity index (χ0n) is 14.2. The van der Waals surface area contributed by atoms with E-state index in [4.69, 9.17) is 5.26 Å². The lowest BCUT2D eigenvalue weighted by atomic mass is 9.97. The van der Waals surface area contributed by atoms with Gasteiger partial charge in [0.1, 0.15) is 0 Å². The monoisotopic (exact) mass is 416 g/mol. The standard InChI is InChI=1S/C16H21BrN2O4S/c1-16(2,3)11-19(9-5-8-18)24(21,22)12-6-7-14(17)13(10-12)15(20)23-4/h6-7,10H,5,9,11H2,1-4H3. The highest BCUT2D eigenvalue weighted by Gasteiger charge is 2.29. The predicted octanol–water partition coefficient (Wildman–Crippen LogP) is 3.19. The third-order valence-electron chi connectivity index (χ3n) is 3.10. The van der Waals surface area contributed by atoms with E-state index in [0.29, 0.717) is 4.47 Å². The van der Waals surface area contributed by atoms with Gasteiger partial charge in [0.25, 0.3) is 0 Å². The van der Waals surface area contributed by atoms with E-state index >= 15 is 0 Å². The zero-order valence-corrected chi connectivity index (χ0v) is 16.6. The number of methoxy groups -OCH3 is 1. The Bertz CT molecular complexity index is 748. The van der Waals surface area contributed by atoms with Gasteiger partial charge in [-0.05, 0) is 39.5 Å². The number of ether oxygens (including phenoxy) is 1. The molecule has 6 nitrogen and oxygen atoms in total. The highest BCUT2D eigenvalue weighted by atomic mass is 79.9. The Morgan fingerprint density at radius 2 is 2.00 bits per heavy atom. The van der Waals surface area contributed by atoms with Gasteiger partial charge in [0.2, 0.25) is 10.0 Å². The van der Waals surface area contributed by atoms with Crippen LogP contribution in [0.3, 0.4) is 0 Å². The van der Waals surface area contributed by atoms with Crippen LogP contribution in [0, 0.1) is 16.7 Å². The number of hydrogen-bond donors (Lipinski definition) is 0. The van der Waals surface area contributed by atoms with Gasteiger partial charge in [-0.25, -0.2) is 13.2 Å². The van der Waals surface area contributed by atoms with Crippen LogP contribution in [0.15, 0.2) is 27.6 Å². The summed E-state index contributed by atoms with van der Waals surface area (Å²) in [6.07, 6.45) is 0.0930. The van der Waals surface area contributed by atoms with Crippen molar-refractivity contribution in [3.8, 4) is 6.07 Å². The second kappa shape index (κ2) is 8.10. The predicted molar refractivity (Wildman–Crippen MR) is 93.9 cm³/mol. The molecule has 0 aromatic heterocycles. The number of carbonyl (C=O) groups excluding carboxylic acids is 1. The number of hydrogen-bond acceptors (Lipinski definition) is 5. The number of esters is 1. The number of sulfonamides is 1. The SMILES string of the molecule is COC(=O)c1cc(S(=O)(=O)N(CCC#N)CC(C)(C)C)ccc1Br. The smallest absolute Gasteiger partial charge is 0.339 e. The molecular weight excluding hydrogens is 396 g/mol. The van der Waals surface area contributed by atoms with Crippen LogP contribution in [0.1, 0.15) is 37.6 Å². The van der Waals surface area contributed by atoms with E-state index in [0.717, 1.165) is 0 Å². The van der Waals surface area contributed by atoms with Crippen LogP contribution in [0.2, 0.25) is 0 Å². The van der Waals surface area contributed by atoms with E-state index in [1.54, 1.807) is 0 Å². The Balaban J connectivity index is 3.33. The van der Waals surface area contributed by atoms with Gasteiger partial charge in [0.05, 0.1) is 23.6 Å². The maximum Gasteiger partial charge on any atom is 0.339 e. The third kappa shape index (κ3) is 5.30. The van der Waals surface area contributed by atoms with E-state index in [9.17, 15) is 13.2 Å². The molecule has 0 spiro atoms. The number of carbonyl (C=O) groups is 1. The van der Waals surface area contributed by atoms with E-state index in [-0.39, 0.29) is 35.4 Å². The highest BCUT2D eigenvalue weighted by molar-refractivity contribution is 9.10. The fourth-order valence-corrected chi connectivity index (χ4v) is 4.17. The van der Waals surface area contributed by atoms with E-state index in [1.807, 2.05) is 26.8 Å². The van der Waals surface area contributed by atoms with Crippen LogP contribution in [0.5, 0.6) is 0 Å². The number of nitriles is 1. The molecule has 0 N–H and O–H groups in total. The molecule has 1 rings (SSSR count). The fourth-order valence-electron chi connectivity index (χ4n) is 2.07. The molecule has 0 radical (unpaired) electrons. The maximum absolute atomic E-state index is 12.9. The molecule has 1 aromatic rings. The van der Waals surface area contributed by atoms with Crippen molar-refractivity contribution in [2.24, 2.45) is 5.41 Å². The van der Waals surface area contributed by atoms with Crippen molar-refractivity contribution in [1.29, 1.82) is 5.26 Å². The molecule has 0 bridgehead atoms. The van der Waals surface area contributed by atoms with Crippen molar-refractivity contribution in [3.05, 3.63) is 28.2 Å². The minimum absolute atomic E-state index is 0.00621. The van der Waals surface area contributed by atoms with Crippen molar-refractivity contribution < 1.29 is 17.9 Å². The van der Waals surface area contributed by atoms with Gasteiger partial charge < -0.3 is 4.74 Å². The van der Waals surface area contributed by atoms with Gasteiger partial charge in [-0.2, -0.15) is 9.57 Å². The van der Waals surface area contributed by atoms with E-state index in [2.05, 4.69) is 20.7 Å². The van der Waals surface area contributed by atoms with Crippen LogP contribution in [-0.2, 0) is 14.8 Å². The Hall–Kier alpha value is -1.43. The summed E-state index contributed by atoms with van der Waals surface area (Å²) in [6, 6.07) is 6.18. The van der Waals surface area contributed by atoms with Gasteiger partial charge in [0, 0.05) is 24.0 Å². The van der Waals surface area contributed by atoms with E-state index in [1.165, 1.54) is 29.6 Å². The molecule has 0 aliphatic rings. The number of halogens is 1. The quantitative estimate of drug-likeness (QED) is 0.664. The molecule has 132 valence electrons. The average molecular weight is 417 g/mol. The van der Waals surface area contributed by atoms with Crippen molar-refractivity contribution in [1.82, 2.24) is 4.31 Å². The topological polar surface area (TPSA) is 87.5 Å². The van der Waals surface area contributed by atoms with Crippen molar-refractivity contribution in [2.45, 2.75) is 32.1 Å². The van der Waals surface area contributed by atoms with Crippen LogP contribution >= 0.6 is 15.9 Å². The molecule has 0 atom stereocenters. The van der Waals surface area contributed by atoms with Crippen LogP contribution < -0.4 is 0 Å². The lowest BCUT2D eigenvalue weighted by Gasteiger charge is -2.28. The summed E-state index contributed by atoms with van der Waals surface area (Å²) in [5, 5.41) is 8.80. The van der Waals surface area contributed by atoms with Gasteiger partial charge >= 0.3 is 5.97 Å². The molecule has 8 heteroatoms. The summed E-state index contributed by atoms with van der Waals surface area (Å²) in [5.41, 5.74) is -0.141. The summed E-state index contributed by atoms with van der Waals surface area (Å²) >= 11 is 3.21. The van der Waals surface area contributed by atoms with Crippen molar-refractivity contribution >= 4 is 31.9 Å². The fraction of sp³-hybridized carbons (Fsp3) is 0.500. The molecule has 24 heavy (non-hydrogen) atoms. The molecule has 1 aromatic carbocycles. The molecule has 0 unspecified atom stereocenters. The lowest BCUT2D eigenvalue weighted by molar-refractivity contribution is 0.0599. The zero-order chi connectivity index (χ0) is 18.5. The largest absolute Gasteiger partial charge is 0.465 e. The highest BCUT2D eigenvalue weighted by Crippen LogP contribution is 2.26. The summed E-state index contributed by atoms with van der Waals surface area (Å²) in [5.74, 6) is -0.627. The molecule has 0 amide bonds. The summed E-state index contributed by atoms with van der Waals surface area (Å²) < 4.78 is 32.3. The molecule has 0 heterocycles. The summed E-state index contributed by atoms with van der Waals surface area (Å²) in [4.78, 5) is 11.8. The number of rotatable bonds is 6. The summed E-state index contributed by atoms with van der Waals surface area (Å²) in [6.45, 7) is 6.12. The third-order valence-corrected chi connectivity index (χ3v) is 5.64. The molecule has 0 saturated heterocycles. The first-order valence-corrected chi connectivity index (χ1v) is 9.51. The van der Waals surface area contributed by atoms with E-state index < -0.39 is 16.0 Å². The Labute approximate surface area is 151 Å². The second-order valence-corrected chi connectivity index (χ2v) is 9.23. The number of nitrogens with zero attached hydrogens (tertiary/aromatic N) is 2. The van der Waals surface area contributed by atoms with Crippen molar-refractivity contribution in [2.75, 3.05) is 20.2 Å². The van der Waals surface area contributed by atoms with Crippen LogP contribution in [-0.4, -0.2) is 38.9 Å². The van der Waals surface area contributed by atoms with Crippen LogP contribution in [0.25, 0.3) is 0 Å². The molecule has 0 aliphatic carbocycles. The van der Waals surface area contributed by atoms with Gasteiger partial charge in [-0.15, -0.1) is 0 Å². The van der Waals surface area contributed by atoms with Gasteiger partial charge in [-0.3, -0.25) is 0 Å². The number of benzene rings is 1. The van der Waals surface area contributed by atoms with Gasteiger partial charge in [0.15, 0.2) is 0 Å². The van der Waals surface area contributed by atoms with Crippen molar-refractivity contribution in [3.63, 3.8) is 0 Å². The average Bonchev–Trinajstić information content (AvgIpc) is 2.49. The molecule has 0 fully saturated rings. The first-order chi connectivity index (χ1) is 11.0. The molecular formula is C16H21BrN2O4S. The maximum atomic E-state index is 12.9. The minimum atomic E-state index is -3.83. The summed E-state index contributed by atoms with van der Waals surface area (Å²) in [7, 11) is -2.60. The van der Waals surface area contributed by atoms with Crippen LogP contribution in [0.4, 0.5) is 0 Å². The Morgan fingerprint density at radius 1 is 1.38 bits per heavy atom. The first kappa shape index (κ1) is 20.6. The second-order valence-electron chi connectivity index (χ2n) is 6.44. The Morgan fingerprint density at radius 3 is 2.50 bits per heavy atom. The van der Waals surface area contributed by atoms with Gasteiger partial charge in [-0.1, -0.05) is 20.8 Å². The lowest BCUT2D eigenvalue weighted by Crippen LogP contribution is -2.38. The first-order valence-electron chi connectivity index (χ1n) is 7.28. The molecule has 0 aliphatic heterocycles. The Kier molecular flexibility index (Phi) is 6.96. The molecule has 0 saturated carbocycles.